The van der Waals surface area contributed by atoms with Gasteiger partial charge < -0.3 is 14.9 Å². The van der Waals surface area contributed by atoms with Gasteiger partial charge in [-0.15, -0.1) is 10.2 Å². The number of aromatic amines is 1. The van der Waals surface area contributed by atoms with Crippen LogP contribution in [0.4, 0.5) is 0 Å². The summed E-state index contributed by atoms with van der Waals surface area (Å²) in [6, 6.07) is 1.59. The zero-order valence-corrected chi connectivity index (χ0v) is 12.1. The molecule has 0 saturated carbocycles. The molecule has 0 aromatic carbocycles. The van der Waals surface area contributed by atoms with Gasteiger partial charge in [0.15, 0.2) is 5.82 Å². The van der Waals surface area contributed by atoms with Crippen LogP contribution in [0.5, 0.6) is 0 Å². The van der Waals surface area contributed by atoms with Gasteiger partial charge in [-0.2, -0.15) is 0 Å². The number of nitrogens with one attached hydrogen (secondary N) is 2. The van der Waals surface area contributed by atoms with E-state index in [2.05, 4.69) is 41.0 Å². The van der Waals surface area contributed by atoms with Crippen LogP contribution in [0.3, 0.4) is 0 Å². The fourth-order valence-corrected chi connectivity index (χ4v) is 2.67. The van der Waals surface area contributed by atoms with E-state index in [0.717, 1.165) is 35.5 Å². The summed E-state index contributed by atoms with van der Waals surface area (Å²) in [5, 5.41) is 11.2. The van der Waals surface area contributed by atoms with Crippen molar-refractivity contribution in [1.29, 1.82) is 0 Å². The van der Waals surface area contributed by atoms with Crippen molar-refractivity contribution in [3.05, 3.63) is 34.1 Å². The van der Waals surface area contributed by atoms with E-state index in [1.54, 1.807) is 12.3 Å². The second-order valence-corrected chi connectivity index (χ2v) is 5.57. The largest absolute Gasteiger partial charge is 0.356 e. The maximum atomic E-state index is 12.0. The first-order valence-electron chi connectivity index (χ1n) is 6.22. The number of halogens is 1. The number of fused-ring (bicyclic) bond motifs is 1. The number of hydrogen-bond donors (Lipinski definition) is 2. The Labute approximate surface area is 118 Å². The van der Waals surface area contributed by atoms with Gasteiger partial charge in [0.25, 0.3) is 5.91 Å². The highest BCUT2D eigenvalue weighted by Crippen LogP contribution is 2.19. The average molecular weight is 324 g/mol. The van der Waals surface area contributed by atoms with E-state index >= 15 is 0 Å². The highest BCUT2D eigenvalue weighted by molar-refractivity contribution is 9.10. The SMILES string of the molecule is C[C@H](NC(=O)c1cc(Br)c[nH]1)c1nnc2n1CCC2. The minimum Gasteiger partial charge on any atom is -0.356 e. The van der Waals surface area contributed by atoms with Crippen molar-refractivity contribution in [2.75, 3.05) is 0 Å². The third-order valence-corrected chi connectivity index (χ3v) is 3.72. The molecule has 0 saturated heterocycles. The van der Waals surface area contributed by atoms with Crippen molar-refractivity contribution in [3.8, 4) is 0 Å². The molecule has 0 bridgehead atoms. The molecule has 1 atom stereocenters. The van der Waals surface area contributed by atoms with E-state index in [1.165, 1.54) is 0 Å². The van der Waals surface area contributed by atoms with Crippen LogP contribution in [-0.4, -0.2) is 25.7 Å². The van der Waals surface area contributed by atoms with Crippen LogP contribution in [0.2, 0.25) is 0 Å². The first-order chi connectivity index (χ1) is 9.15. The Morgan fingerprint density at radius 3 is 3.16 bits per heavy atom. The van der Waals surface area contributed by atoms with Gasteiger partial charge in [0.1, 0.15) is 11.5 Å². The van der Waals surface area contributed by atoms with Crippen molar-refractivity contribution < 1.29 is 4.79 Å². The lowest BCUT2D eigenvalue weighted by atomic mass is 10.3. The van der Waals surface area contributed by atoms with Gasteiger partial charge in [0.2, 0.25) is 0 Å². The maximum absolute atomic E-state index is 12.0. The number of H-pyrrole nitrogens is 1. The molecule has 0 aliphatic carbocycles. The van der Waals surface area contributed by atoms with Crippen LogP contribution < -0.4 is 5.32 Å². The molecule has 2 aromatic heterocycles. The molecule has 0 fully saturated rings. The Hall–Kier alpha value is -1.63. The molecule has 19 heavy (non-hydrogen) atoms. The molecule has 1 aliphatic rings. The lowest BCUT2D eigenvalue weighted by molar-refractivity contribution is 0.0933. The van der Waals surface area contributed by atoms with Gasteiger partial charge in [0.05, 0.1) is 6.04 Å². The van der Waals surface area contributed by atoms with Crippen LogP contribution in [0.1, 0.15) is 41.5 Å². The summed E-state index contributed by atoms with van der Waals surface area (Å²) in [5.41, 5.74) is 0.528. The number of carbonyl (C=O) groups excluding carboxylic acids is 1. The summed E-state index contributed by atoms with van der Waals surface area (Å²) in [5.74, 6) is 1.69. The Morgan fingerprint density at radius 2 is 2.42 bits per heavy atom. The topological polar surface area (TPSA) is 75.6 Å². The van der Waals surface area contributed by atoms with Crippen LogP contribution in [-0.2, 0) is 13.0 Å². The number of aromatic nitrogens is 4. The number of hydrogen-bond acceptors (Lipinski definition) is 3. The van der Waals surface area contributed by atoms with Gasteiger partial charge in [0, 0.05) is 23.6 Å². The Balaban J connectivity index is 1.74. The van der Waals surface area contributed by atoms with Crippen LogP contribution in [0, 0.1) is 0 Å². The van der Waals surface area contributed by atoms with E-state index in [4.69, 9.17) is 0 Å². The Kier molecular flexibility index (Phi) is 3.14. The lowest BCUT2D eigenvalue weighted by Crippen LogP contribution is -2.28. The van der Waals surface area contributed by atoms with Crippen molar-refractivity contribution in [2.24, 2.45) is 0 Å². The van der Waals surface area contributed by atoms with Gasteiger partial charge in [-0.05, 0) is 35.3 Å². The average Bonchev–Trinajstić information content (AvgIpc) is 3.02. The van der Waals surface area contributed by atoms with E-state index < -0.39 is 0 Å². The zero-order chi connectivity index (χ0) is 13.4. The molecular weight excluding hydrogens is 310 g/mol. The van der Waals surface area contributed by atoms with Crippen LogP contribution >= 0.6 is 15.9 Å². The minimum atomic E-state index is -0.158. The van der Waals surface area contributed by atoms with Crippen molar-refractivity contribution in [3.63, 3.8) is 0 Å². The molecule has 0 radical (unpaired) electrons. The monoisotopic (exact) mass is 323 g/mol. The van der Waals surface area contributed by atoms with E-state index in [-0.39, 0.29) is 11.9 Å². The predicted octanol–water partition coefficient (Wildman–Crippen LogP) is 1.81. The zero-order valence-electron chi connectivity index (χ0n) is 10.5. The van der Waals surface area contributed by atoms with Gasteiger partial charge in [-0.1, -0.05) is 0 Å². The molecule has 1 aliphatic heterocycles. The molecule has 2 N–H and O–H groups in total. The highest BCUT2D eigenvalue weighted by Gasteiger charge is 2.22. The molecule has 6 nitrogen and oxygen atoms in total. The maximum Gasteiger partial charge on any atom is 0.268 e. The summed E-state index contributed by atoms with van der Waals surface area (Å²) in [4.78, 5) is 14.9. The molecule has 7 heteroatoms. The predicted molar refractivity (Wildman–Crippen MR) is 72.7 cm³/mol. The minimum absolute atomic E-state index is 0.145. The highest BCUT2D eigenvalue weighted by atomic mass is 79.9. The standard InChI is InChI=1S/C12H14BrN5O/c1-7(11-17-16-10-3-2-4-18(10)11)15-12(19)9-5-8(13)6-14-9/h5-7,14H,2-4H2,1H3,(H,15,19)/t7-/m0/s1. The Morgan fingerprint density at radius 1 is 1.58 bits per heavy atom. The Bertz CT molecular complexity index is 617. The second kappa shape index (κ2) is 4.80. The molecule has 100 valence electrons. The quantitative estimate of drug-likeness (QED) is 0.904. The lowest BCUT2D eigenvalue weighted by Gasteiger charge is -2.13. The summed E-state index contributed by atoms with van der Waals surface area (Å²) < 4.78 is 2.95. The summed E-state index contributed by atoms with van der Waals surface area (Å²) in [7, 11) is 0. The fourth-order valence-electron chi connectivity index (χ4n) is 2.33. The molecule has 2 aromatic rings. The van der Waals surface area contributed by atoms with E-state index in [9.17, 15) is 4.79 Å². The van der Waals surface area contributed by atoms with Gasteiger partial charge in [-0.3, -0.25) is 4.79 Å². The molecule has 3 heterocycles. The van der Waals surface area contributed by atoms with Crippen molar-refractivity contribution in [2.45, 2.75) is 32.4 Å². The molecule has 0 spiro atoms. The first kappa shape index (κ1) is 12.4. The summed E-state index contributed by atoms with van der Waals surface area (Å²) in [6.07, 6.45) is 3.80. The van der Waals surface area contributed by atoms with Gasteiger partial charge in [-0.25, -0.2) is 0 Å². The van der Waals surface area contributed by atoms with Crippen molar-refractivity contribution >= 4 is 21.8 Å². The number of amides is 1. The number of nitrogens with zero attached hydrogens (tertiary/aromatic N) is 3. The molecule has 3 rings (SSSR count). The van der Waals surface area contributed by atoms with E-state index in [1.807, 2.05) is 6.92 Å². The van der Waals surface area contributed by atoms with Crippen molar-refractivity contribution in [1.82, 2.24) is 25.1 Å². The molecular formula is C12H14BrN5O. The summed E-state index contributed by atoms with van der Waals surface area (Å²) in [6.45, 7) is 2.86. The van der Waals surface area contributed by atoms with Crippen LogP contribution in [0.25, 0.3) is 0 Å². The van der Waals surface area contributed by atoms with Crippen LogP contribution in [0.15, 0.2) is 16.7 Å². The summed E-state index contributed by atoms with van der Waals surface area (Å²) >= 11 is 3.31. The third-order valence-electron chi connectivity index (χ3n) is 3.27. The normalized spacial score (nSPS) is 15.3. The van der Waals surface area contributed by atoms with E-state index in [0.29, 0.717) is 5.69 Å². The third kappa shape index (κ3) is 2.30. The number of rotatable bonds is 3. The molecule has 1 amide bonds. The second-order valence-electron chi connectivity index (χ2n) is 4.66. The fraction of sp³-hybridized carbons (Fsp3) is 0.417. The smallest absolute Gasteiger partial charge is 0.268 e. The number of carbonyl (C=O) groups is 1. The van der Waals surface area contributed by atoms with Gasteiger partial charge >= 0.3 is 0 Å². The first-order valence-corrected chi connectivity index (χ1v) is 7.01. The molecule has 0 unspecified atom stereocenters. The number of aryl methyl sites for hydroxylation is 1.